The summed E-state index contributed by atoms with van der Waals surface area (Å²) in [6.45, 7) is 6.72. The van der Waals surface area contributed by atoms with E-state index in [9.17, 15) is 9.59 Å². The van der Waals surface area contributed by atoms with Crippen LogP contribution in [-0.4, -0.2) is 36.4 Å². The van der Waals surface area contributed by atoms with Crippen LogP contribution < -0.4 is 10.1 Å². The van der Waals surface area contributed by atoms with Gasteiger partial charge >= 0.3 is 0 Å². The quantitative estimate of drug-likeness (QED) is 0.722. The van der Waals surface area contributed by atoms with Gasteiger partial charge in [-0.05, 0) is 49.1 Å². The van der Waals surface area contributed by atoms with Gasteiger partial charge < -0.3 is 15.0 Å². The molecule has 2 amide bonds. The molecule has 2 rings (SSSR count). The first-order chi connectivity index (χ1) is 13.5. The summed E-state index contributed by atoms with van der Waals surface area (Å²) in [6.07, 6.45) is 1.12. The zero-order valence-electron chi connectivity index (χ0n) is 17.2. The number of nitrogens with one attached hydrogen (secondary N) is 1. The molecule has 0 radical (unpaired) electrons. The molecule has 0 fully saturated rings. The smallest absolute Gasteiger partial charge is 0.242 e. The molecule has 0 bridgehead atoms. The Morgan fingerprint density at radius 2 is 1.89 bits per heavy atom. The predicted molar refractivity (Wildman–Crippen MR) is 111 cm³/mol. The molecule has 5 heteroatoms. The van der Waals surface area contributed by atoms with Crippen LogP contribution in [0.1, 0.15) is 37.0 Å². The topological polar surface area (TPSA) is 58.6 Å². The van der Waals surface area contributed by atoms with E-state index < -0.39 is 6.04 Å². The van der Waals surface area contributed by atoms with Crippen LogP contribution >= 0.6 is 0 Å². The second-order valence-electron chi connectivity index (χ2n) is 6.94. The largest absolute Gasteiger partial charge is 0.497 e. The Balaban J connectivity index is 2.24. The van der Waals surface area contributed by atoms with Crippen molar-refractivity contribution >= 4 is 11.8 Å². The molecule has 2 aromatic carbocycles. The number of hydrogen-bond donors (Lipinski definition) is 1. The number of benzene rings is 2. The number of amides is 2. The van der Waals surface area contributed by atoms with E-state index in [4.69, 9.17) is 4.74 Å². The number of hydrogen-bond acceptors (Lipinski definition) is 3. The third-order valence-corrected chi connectivity index (χ3v) is 4.81. The minimum absolute atomic E-state index is 0.0729. The lowest BCUT2D eigenvalue weighted by Crippen LogP contribution is -2.48. The van der Waals surface area contributed by atoms with Crippen LogP contribution in [0.5, 0.6) is 5.75 Å². The highest BCUT2D eigenvalue weighted by atomic mass is 16.5. The molecule has 0 saturated heterocycles. The van der Waals surface area contributed by atoms with Crippen molar-refractivity contribution in [2.24, 2.45) is 0 Å². The van der Waals surface area contributed by atoms with Gasteiger partial charge in [0.05, 0.1) is 13.5 Å². The van der Waals surface area contributed by atoms with Gasteiger partial charge in [-0.1, -0.05) is 43.3 Å². The normalized spacial score (nSPS) is 11.6. The number of rotatable bonds is 9. The molecule has 0 spiro atoms. The van der Waals surface area contributed by atoms with E-state index in [2.05, 4.69) is 5.32 Å². The lowest BCUT2D eigenvalue weighted by Gasteiger charge is -2.29. The fourth-order valence-corrected chi connectivity index (χ4v) is 3.02. The van der Waals surface area contributed by atoms with Gasteiger partial charge in [0.1, 0.15) is 11.8 Å². The zero-order valence-corrected chi connectivity index (χ0v) is 17.2. The standard InChI is InChI=1S/C23H30N2O3/c1-5-13-24-23(27)18(3)25(16-19-10-8-12-21(14-19)28-4)22(26)15-20-11-7-6-9-17(20)2/h6-12,14,18H,5,13,15-16H2,1-4H3,(H,24,27). The molecular weight excluding hydrogens is 352 g/mol. The molecule has 0 aliphatic carbocycles. The maximum absolute atomic E-state index is 13.2. The molecule has 0 aromatic heterocycles. The fourth-order valence-electron chi connectivity index (χ4n) is 3.02. The number of nitrogens with zero attached hydrogens (tertiary/aromatic N) is 1. The summed E-state index contributed by atoms with van der Waals surface area (Å²) in [5.41, 5.74) is 2.97. The predicted octanol–water partition coefficient (Wildman–Crippen LogP) is 3.49. The van der Waals surface area contributed by atoms with E-state index in [0.29, 0.717) is 13.1 Å². The van der Waals surface area contributed by atoms with Crippen LogP contribution in [0.4, 0.5) is 0 Å². The second-order valence-corrected chi connectivity index (χ2v) is 6.94. The van der Waals surface area contributed by atoms with Gasteiger partial charge in [0.25, 0.3) is 0 Å². The first kappa shape index (κ1) is 21.5. The summed E-state index contributed by atoms with van der Waals surface area (Å²) in [7, 11) is 1.61. The number of methoxy groups -OCH3 is 1. The molecule has 0 heterocycles. The van der Waals surface area contributed by atoms with Crippen molar-refractivity contribution in [3.63, 3.8) is 0 Å². The van der Waals surface area contributed by atoms with E-state index in [0.717, 1.165) is 28.9 Å². The maximum Gasteiger partial charge on any atom is 0.242 e. The Morgan fingerprint density at radius 1 is 1.14 bits per heavy atom. The third-order valence-electron chi connectivity index (χ3n) is 4.81. The third kappa shape index (κ3) is 5.84. The van der Waals surface area contributed by atoms with Crippen molar-refractivity contribution in [1.29, 1.82) is 0 Å². The molecule has 28 heavy (non-hydrogen) atoms. The highest BCUT2D eigenvalue weighted by Crippen LogP contribution is 2.18. The molecule has 0 aliphatic rings. The average Bonchev–Trinajstić information content (AvgIpc) is 2.71. The van der Waals surface area contributed by atoms with Gasteiger partial charge in [-0.2, -0.15) is 0 Å². The number of ether oxygens (including phenoxy) is 1. The molecule has 1 atom stereocenters. The van der Waals surface area contributed by atoms with Gasteiger partial charge in [-0.3, -0.25) is 9.59 Å². The molecule has 150 valence electrons. The SMILES string of the molecule is CCCNC(=O)C(C)N(Cc1cccc(OC)c1)C(=O)Cc1ccccc1C. The van der Waals surface area contributed by atoms with E-state index in [1.807, 2.05) is 62.4 Å². The van der Waals surface area contributed by atoms with Gasteiger partial charge in [-0.25, -0.2) is 0 Å². The van der Waals surface area contributed by atoms with E-state index in [1.54, 1.807) is 18.9 Å². The maximum atomic E-state index is 13.2. The van der Waals surface area contributed by atoms with Crippen molar-refractivity contribution < 1.29 is 14.3 Å². The molecule has 1 unspecified atom stereocenters. The van der Waals surface area contributed by atoms with E-state index in [1.165, 1.54) is 0 Å². The first-order valence-corrected chi connectivity index (χ1v) is 9.70. The molecule has 2 aromatic rings. The van der Waals surface area contributed by atoms with Crippen molar-refractivity contribution in [2.75, 3.05) is 13.7 Å². The van der Waals surface area contributed by atoms with Crippen LogP contribution in [-0.2, 0) is 22.6 Å². The Morgan fingerprint density at radius 3 is 2.57 bits per heavy atom. The van der Waals surface area contributed by atoms with Crippen LogP contribution in [0.15, 0.2) is 48.5 Å². The highest BCUT2D eigenvalue weighted by Gasteiger charge is 2.26. The Bertz CT molecular complexity index is 804. The Labute approximate surface area is 167 Å². The van der Waals surface area contributed by atoms with Gasteiger partial charge in [0, 0.05) is 13.1 Å². The fraction of sp³-hybridized carbons (Fsp3) is 0.391. The highest BCUT2D eigenvalue weighted by molar-refractivity contribution is 5.88. The zero-order chi connectivity index (χ0) is 20.5. The van der Waals surface area contributed by atoms with Crippen LogP contribution in [0, 0.1) is 6.92 Å². The van der Waals surface area contributed by atoms with Crippen molar-refractivity contribution in [1.82, 2.24) is 10.2 Å². The van der Waals surface area contributed by atoms with Crippen LogP contribution in [0.3, 0.4) is 0 Å². The number of carbonyl (C=O) groups excluding carboxylic acids is 2. The molecule has 0 aliphatic heterocycles. The summed E-state index contributed by atoms with van der Waals surface area (Å²) in [5, 5.41) is 2.89. The summed E-state index contributed by atoms with van der Waals surface area (Å²) in [5.74, 6) is 0.519. The lowest BCUT2D eigenvalue weighted by molar-refractivity contribution is -0.140. The Kier molecular flexibility index (Phi) is 8.05. The van der Waals surface area contributed by atoms with Gasteiger partial charge in [0.2, 0.25) is 11.8 Å². The molecular formula is C23H30N2O3. The number of carbonyl (C=O) groups is 2. The minimum Gasteiger partial charge on any atom is -0.497 e. The van der Waals surface area contributed by atoms with Crippen LogP contribution in [0.2, 0.25) is 0 Å². The lowest BCUT2D eigenvalue weighted by atomic mass is 10.0. The van der Waals surface area contributed by atoms with Crippen molar-refractivity contribution in [3.8, 4) is 5.75 Å². The minimum atomic E-state index is -0.561. The number of aryl methyl sites for hydroxylation is 1. The molecule has 0 saturated carbocycles. The van der Waals surface area contributed by atoms with E-state index in [-0.39, 0.29) is 18.2 Å². The first-order valence-electron chi connectivity index (χ1n) is 9.70. The Hall–Kier alpha value is -2.82. The molecule has 5 nitrogen and oxygen atoms in total. The van der Waals surface area contributed by atoms with E-state index >= 15 is 0 Å². The monoisotopic (exact) mass is 382 g/mol. The summed E-state index contributed by atoms with van der Waals surface area (Å²) >= 11 is 0. The summed E-state index contributed by atoms with van der Waals surface area (Å²) in [6, 6.07) is 14.9. The van der Waals surface area contributed by atoms with Crippen molar-refractivity contribution in [3.05, 3.63) is 65.2 Å². The van der Waals surface area contributed by atoms with Crippen LogP contribution in [0.25, 0.3) is 0 Å². The summed E-state index contributed by atoms with van der Waals surface area (Å²) in [4.78, 5) is 27.4. The van der Waals surface area contributed by atoms with Gasteiger partial charge in [0.15, 0.2) is 0 Å². The summed E-state index contributed by atoms with van der Waals surface area (Å²) < 4.78 is 5.29. The van der Waals surface area contributed by atoms with Crippen molar-refractivity contribution in [2.45, 2.75) is 46.2 Å². The van der Waals surface area contributed by atoms with Gasteiger partial charge in [-0.15, -0.1) is 0 Å². The second kappa shape index (κ2) is 10.5. The average molecular weight is 383 g/mol. The molecule has 1 N–H and O–H groups in total.